The van der Waals surface area contributed by atoms with E-state index in [4.69, 9.17) is 9.47 Å². The molecule has 0 aliphatic carbocycles. The van der Waals surface area contributed by atoms with Crippen molar-refractivity contribution in [3.05, 3.63) is 54.1 Å². The first kappa shape index (κ1) is 20.1. The number of rotatable bonds is 9. The van der Waals surface area contributed by atoms with Crippen LogP contribution >= 0.6 is 0 Å². The molecule has 9 heteroatoms. The normalized spacial score (nSPS) is 10.4. The summed E-state index contributed by atoms with van der Waals surface area (Å²) in [5.41, 5.74) is 1.92. The molecule has 152 valence electrons. The third-order valence-corrected chi connectivity index (χ3v) is 4.06. The van der Waals surface area contributed by atoms with Gasteiger partial charge in [0.05, 0.1) is 12.8 Å². The number of para-hydroxylation sites is 2. The van der Waals surface area contributed by atoms with E-state index in [1.54, 1.807) is 23.9 Å². The van der Waals surface area contributed by atoms with Crippen LogP contribution in [0.4, 0.5) is 5.82 Å². The molecule has 0 fully saturated rings. The van der Waals surface area contributed by atoms with Gasteiger partial charge in [0, 0.05) is 24.8 Å². The van der Waals surface area contributed by atoms with Crippen LogP contribution in [0.5, 0.6) is 11.5 Å². The maximum absolute atomic E-state index is 12.0. The van der Waals surface area contributed by atoms with E-state index >= 15 is 0 Å². The van der Waals surface area contributed by atoms with E-state index in [1.807, 2.05) is 38.1 Å². The highest BCUT2D eigenvalue weighted by atomic mass is 16.5. The minimum Gasteiger partial charge on any atom is -0.493 e. The fourth-order valence-electron chi connectivity index (χ4n) is 2.75. The van der Waals surface area contributed by atoms with E-state index in [1.165, 1.54) is 6.33 Å². The number of carbonyl (C=O) groups is 1. The Kier molecular flexibility index (Phi) is 6.62. The molecule has 1 aromatic carbocycles. The minimum absolute atomic E-state index is 0.0873. The molecule has 0 bridgehead atoms. The molecule has 2 N–H and O–H groups in total. The van der Waals surface area contributed by atoms with Crippen LogP contribution < -0.4 is 20.1 Å². The number of amides is 1. The molecule has 0 atom stereocenters. The Morgan fingerprint density at radius 1 is 1.10 bits per heavy atom. The molecule has 0 spiro atoms. The van der Waals surface area contributed by atoms with Crippen molar-refractivity contribution in [2.75, 3.05) is 32.1 Å². The van der Waals surface area contributed by atoms with E-state index in [9.17, 15) is 4.79 Å². The summed E-state index contributed by atoms with van der Waals surface area (Å²) in [6, 6.07) is 11.0. The molecule has 3 rings (SSSR count). The highest BCUT2D eigenvalue weighted by Gasteiger charge is 2.08. The van der Waals surface area contributed by atoms with Crippen molar-refractivity contribution < 1.29 is 14.3 Å². The smallest absolute Gasteiger partial charge is 0.258 e. The summed E-state index contributed by atoms with van der Waals surface area (Å²) in [5.74, 6) is 2.23. The predicted molar refractivity (Wildman–Crippen MR) is 109 cm³/mol. The highest BCUT2D eigenvalue weighted by Crippen LogP contribution is 2.25. The Labute approximate surface area is 169 Å². The maximum Gasteiger partial charge on any atom is 0.258 e. The summed E-state index contributed by atoms with van der Waals surface area (Å²) < 4.78 is 12.4. The molecule has 0 aliphatic heterocycles. The molecule has 9 nitrogen and oxygen atoms in total. The van der Waals surface area contributed by atoms with Gasteiger partial charge in [-0.25, -0.2) is 14.6 Å². The van der Waals surface area contributed by atoms with Crippen molar-refractivity contribution in [2.45, 2.75) is 13.8 Å². The van der Waals surface area contributed by atoms with Gasteiger partial charge in [0.2, 0.25) is 0 Å². The van der Waals surface area contributed by atoms with Crippen LogP contribution in [-0.4, -0.2) is 52.5 Å². The average molecular weight is 396 g/mol. The zero-order valence-electron chi connectivity index (χ0n) is 16.7. The molecule has 2 heterocycles. The largest absolute Gasteiger partial charge is 0.493 e. The lowest BCUT2D eigenvalue weighted by molar-refractivity contribution is -0.123. The topological polar surface area (TPSA) is 103 Å². The fraction of sp³-hybridized carbons (Fsp3) is 0.300. The molecule has 29 heavy (non-hydrogen) atoms. The van der Waals surface area contributed by atoms with E-state index in [-0.39, 0.29) is 12.5 Å². The number of aryl methyl sites for hydroxylation is 2. The molecule has 0 aliphatic rings. The number of nitrogens with one attached hydrogen (secondary N) is 2. The maximum atomic E-state index is 12.0. The second kappa shape index (κ2) is 9.54. The number of benzene rings is 1. The summed E-state index contributed by atoms with van der Waals surface area (Å²) in [6.45, 7) is 4.75. The van der Waals surface area contributed by atoms with Crippen molar-refractivity contribution in [3.63, 3.8) is 0 Å². The van der Waals surface area contributed by atoms with Crippen molar-refractivity contribution >= 4 is 11.7 Å². The number of anilines is 1. The lowest BCUT2D eigenvalue weighted by atomic mass is 10.3. The van der Waals surface area contributed by atoms with Crippen molar-refractivity contribution in [1.82, 2.24) is 25.1 Å². The van der Waals surface area contributed by atoms with Crippen LogP contribution in [0.3, 0.4) is 0 Å². The van der Waals surface area contributed by atoms with Crippen LogP contribution in [0.25, 0.3) is 5.82 Å². The zero-order valence-corrected chi connectivity index (χ0v) is 16.7. The summed E-state index contributed by atoms with van der Waals surface area (Å²) >= 11 is 0. The van der Waals surface area contributed by atoms with E-state index in [0.29, 0.717) is 36.2 Å². The molecular weight excluding hydrogens is 372 g/mol. The molecule has 0 radical (unpaired) electrons. The van der Waals surface area contributed by atoms with E-state index in [2.05, 4.69) is 25.7 Å². The Morgan fingerprint density at radius 3 is 2.62 bits per heavy atom. The molecule has 0 unspecified atom stereocenters. The van der Waals surface area contributed by atoms with Gasteiger partial charge in [-0.05, 0) is 32.0 Å². The molecule has 1 amide bonds. The lowest BCUT2D eigenvalue weighted by Crippen LogP contribution is -2.32. The lowest BCUT2D eigenvalue weighted by Gasteiger charge is -2.11. The second-order valence-corrected chi connectivity index (χ2v) is 6.32. The fourth-order valence-corrected chi connectivity index (χ4v) is 2.75. The van der Waals surface area contributed by atoms with Gasteiger partial charge in [-0.2, -0.15) is 5.10 Å². The van der Waals surface area contributed by atoms with Crippen LogP contribution in [0.15, 0.2) is 42.7 Å². The number of hydrogen-bond acceptors (Lipinski definition) is 7. The number of ether oxygens (including phenoxy) is 2. The predicted octanol–water partition coefficient (Wildman–Crippen LogP) is 1.89. The van der Waals surface area contributed by atoms with Gasteiger partial charge in [-0.1, -0.05) is 12.1 Å². The van der Waals surface area contributed by atoms with Crippen molar-refractivity contribution in [2.24, 2.45) is 0 Å². The molecule has 0 saturated carbocycles. The second-order valence-electron chi connectivity index (χ2n) is 6.32. The minimum atomic E-state index is -0.219. The van der Waals surface area contributed by atoms with Gasteiger partial charge in [-0.3, -0.25) is 4.79 Å². The summed E-state index contributed by atoms with van der Waals surface area (Å²) in [5, 5.41) is 10.4. The van der Waals surface area contributed by atoms with Crippen LogP contribution in [0.1, 0.15) is 11.4 Å². The van der Waals surface area contributed by atoms with E-state index < -0.39 is 0 Å². The number of nitrogens with zero attached hydrogens (tertiary/aromatic N) is 4. The molecule has 3 aromatic rings. The van der Waals surface area contributed by atoms with Crippen LogP contribution in [0.2, 0.25) is 0 Å². The first-order chi connectivity index (χ1) is 14.1. The summed E-state index contributed by atoms with van der Waals surface area (Å²) in [7, 11) is 1.56. The van der Waals surface area contributed by atoms with Crippen LogP contribution in [-0.2, 0) is 4.79 Å². The number of hydrogen-bond donors (Lipinski definition) is 2. The zero-order chi connectivity index (χ0) is 20.6. The Balaban J connectivity index is 1.44. The van der Waals surface area contributed by atoms with Crippen LogP contribution in [0, 0.1) is 13.8 Å². The highest BCUT2D eigenvalue weighted by molar-refractivity contribution is 5.77. The summed E-state index contributed by atoms with van der Waals surface area (Å²) in [6.07, 6.45) is 1.48. The van der Waals surface area contributed by atoms with Gasteiger partial charge >= 0.3 is 0 Å². The number of aromatic nitrogens is 4. The quantitative estimate of drug-likeness (QED) is 0.533. The van der Waals surface area contributed by atoms with Crippen molar-refractivity contribution in [3.8, 4) is 17.3 Å². The monoisotopic (exact) mass is 396 g/mol. The molecular formula is C20H24N6O3. The first-order valence-corrected chi connectivity index (χ1v) is 9.19. The standard InChI is InChI=1S/C20H24N6O3/c1-14-10-15(2)26(25-14)19-11-18(23-13-24-19)21-8-9-22-20(27)12-29-17-7-5-4-6-16(17)28-3/h4-7,10-11,13H,8-9,12H2,1-3H3,(H,22,27)(H,21,23,24). The molecule has 0 saturated heterocycles. The molecule has 2 aromatic heterocycles. The number of carbonyl (C=O) groups excluding carboxylic acids is 1. The Morgan fingerprint density at radius 2 is 1.90 bits per heavy atom. The van der Waals surface area contributed by atoms with Gasteiger partial charge in [0.25, 0.3) is 5.91 Å². The SMILES string of the molecule is COc1ccccc1OCC(=O)NCCNc1cc(-n2nc(C)cc2C)ncn1. The Bertz CT molecular complexity index is 972. The first-order valence-electron chi connectivity index (χ1n) is 9.19. The van der Waals surface area contributed by atoms with Gasteiger partial charge in [0.15, 0.2) is 23.9 Å². The average Bonchev–Trinajstić information content (AvgIpc) is 3.08. The van der Waals surface area contributed by atoms with Crippen molar-refractivity contribution in [1.29, 1.82) is 0 Å². The third-order valence-electron chi connectivity index (χ3n) is 4.06. The van der Waals surface area contributed by atoms with Gasteiger partial charge < -0.3 is 20.1 Å². The van der Waals surface area contributed by atoms with Gasteiger partial charge in [0.1, 0.15) is 12.1 Å². The number of methoxy groups -OCH3 is 1. The van der Waals surface area contributed by atoms with Gasteiger partial charge in [-0.15, -0.1) is 0 Å². The summed E-state index contributed by atoms with van der Waals surface area (Å²) in [4.78, 5) is 20.4. The third kappa shape index (κ3) is 5.44. The van der Waals surface area contributed by atoms with E-state index in [0.717, 1.165) is 11.4 Å². The Hall–Kier alpha value is -3.62.